The summed E-state index contributed by atoms with van der Waals surface area (Å²) in [6.45, 7) is 4.20. The molecule has 1 fully saturated rings. The minimum absolute atomic E-state index is 0. The van der Waals surface area contributed by atoms with Gasteiger partial charge in [0.1, 0.15) is 26.6 Å². The van der Waals surface area contributed by atoms with Gasteiger partial charge in [-0.25, -0.2) is 4.98 Å². The van der Waals surface area contributed by atoms with Gasteiger partial charge in [-0.1, -0.05) is 11.3 Å². The summed E-state index contributed by atoms with van der Waals surface area (Å²) in [5, 5.41) is 11.4. The lowest BCUT2D eigenvalue weighted by Gasteiger charge is -2.27. The standard InChI is InChI=1S/C21H24N4O7S.ClH/c1-29-14-4-5-15(30-2)19-18(14)22-21(33-19)24(9-3-8-23-10-12-31-13-11-23)20(26)16-6-7-17(32-16)25(27)28;/h4-7H,3,8-13H2,1-2H3;1H. The van der Waals surface area contributed by atoms with Gasteiger partial charge in [0.15, 0.2) is 10.9 Å². The molecule has 0 atom stereocenters. The number of hydrogen-bond donors (Lipinski definition) is 0. The van der Waals surface area contributed by atoms with E-state index in [2.05, 4.69) is 9.88 Å². The minimum Gasteiger partial charge on any atom is -0.495 e. The Labute approximate surface area is 205 Å². The third-order valence-electron chi connectivity index (χ3n) is 5.32. The van der Waals surface area contributed by atoms with Crippen LogP contribution in [0.15, 0.2) is 28.7 Å². The maximum atomic E-state index is 13.3. The number of carbonyl (C=O) groups excluding carboxylic acids is 1. The predicted octanol–water partition coefficient (Wildman–Crippen LogP) is 3.61. The smallest absolute Gasteiger partial charge is 0.433 e. The van der Waals surface area contributed by atoms with Gasteiger partial charge >= 0.3 is 5.88 Å². The van der Waals surface area contributed by atoms with Crippen molar-refractivity contribution in [3.8, 4) is 11.5 Å². The van der Waals surface area contributed by atoms with E-state index < -0.39 is 16.7 Å². The Kier molecular flexibility index (Phi) is 8.67. The third kappa shape index (κ3) is 5.41. The molecule has 0 spiro atoms. The predicted molar refractivity (Wildman–Crippen MR) is 129 cm³/mol. The molecule has 1 aliphatic heterocycles. The van der Waals surface area contributed by atoms with E-state index in [1.807, 2.05) is 0 Å². The number of nitrogens with zero attached hydrogens (tertiary/aromatic N) is 4. The fourth-order valence-electron chi connectivity index (χ4n) is 3.62. The highest BCUT2D eigenvalue weighted by atomic mass is 35.5. The fraction of sp³-hybridized carbons (Fsp3) is 0.429. The van der Waals surface area contributed by atoms with Crippen molar-refractivity contribution in [2.24, 2.45) is 0 Å². The van der Waals surface area contributed by atoms with Crippen LogP contribution in [0, 0.1) is 10.1 Å². The Hall–Kier alpha value is -2.93. The number of benzene rings is 1. The number of nitro groups is 1. The molecular formula is C21H25ClN4O7S. The molecule has 34 heavy (non-hydrogen) atoms. The maximum Gasteiger partial charge on any atom is 0.433 e. The van der Waals surface area contributed by atoms with Gasteiger partial charge in [-0.2, -0.15) is 0 Å². The minimum atomic E-state index is -0.674. The number of furan rings is 1. The Morgan fingerprint density at radius 3 is 2.56 bits per heavy atom. The van der Waals surface area contributed by atoms with Crippen LogP contribution < -0.4 is 14.4 Å². The van der Waals surface area contributed by atoms with Crippen molar-refractivity contribution in [2.75, 3.05) is 58.5 Å². The molecule has 0 bridgehead atoms. The van der Waals surface area contributed by atoms with E-state index in [0.717, 1.165) is 24.3 Å². The third-order valence-corrected chi connectivity index (χ3v) is 6.41. The summed E-state index contributed by atoms with van der Waals surface area (Å²) in [6, 6.07) is 6.02. The largest absolute Gasteiger partial charge is 0.495 e. The van der Waals surface area contributed by atoms with Crippen molar-refractivity contribution < 1.29 is 28.3 Å². The number of fused-ring (bicyclic) bond motifs is 1. The van der Waals surface area contributed by atoms with E-state index in [-0.39, 0.29) is 18.2 Å². The van der Waals surface area contributed by atoms with Crippen LogP contribution in [-0.2, 0) is 4.74 Å². The number of halogens is 1. The van der Waals surface area contributed by atoms with Crippen LogP contribution in [-0.4, -0.2) is 74.3 Å². The Morgan fingerprint density at radius 1 is 1.21 bits per heavy atom. The van der Waals surface area contributed by atoms with Gasteiger partial charge in [0.2, 0.25) is 0 Å². The normalized spacial score (nSPS) is 13.9. The topological polar surface area (TPSA) is 120 Å². The molecule has 0 saturated carbocycles. The summed E-state index contributed by atoms with van der Waals surface area (Å²) < 4.78 is 22.2. The number of anilines is 1. The van der Waals surface area contributed by atoms with Crippen molar-refractivity contribution in [1.29, 1.82) is 0 Å². The second kappa shape index (κ2) is 11.5. The first-order chi connectivity index (χ1) is 16.0. The molecule has 0 radical (unpaired) electrons. The highest BCUT2D eigenvalue weighted by Crippen LogP contribution is 2.40. The lowest BCUT2D eigenvalue weighted by atomic mass is 10.3. The van der Waals surface area contributed by atoms with Crippen LogP contribution in [0.2, 0.25) is 0 Å². The van der Waals surface area contributed by atoms with Gasteiger partial charge in [0, 0.05) is 26.2 Å². The first-order valence-corrected chi connectivity index (χ1v) is 11.2. The van der Waals surface area contributed by atoms with E-state index in [9.17, 15) is 14.9 Å². The molecular weight excluding hydrogens is 488 g/mol. The van der Waals surface area contributed by atoms with E-state index in [4.69, 9.17) is 18.6 Å². The second-order valence-electron chi connectivity index (χ2n) is 7.30. The van der Waals surface area contributed by atoms with Crippen molar-refractivity contribution in [2.45, 2.75) is 6.42 Å². The zero-order valence-electron chi connectivity index (χ0n) is 18.7. The molecule has 13 heteroatoms. The van der Waals surface area contributed by atoms with Gasteiger partial charge in [-0.3, -0.25) is 24.7 Å². The zero-order chi connectivity index (χ0) is 23.4. The summed E-state index contributed by atoms with van der Waals surface area (Å²) in [4.78, 5) is 32.1. The van der Waals surface area contributed by atoms with Crippen molar-refractivity contribution in [3.05, 3.63) is 40.1 Å². The highest BCUT2D eigenvalue weighted by Gasteiger charge is 2.27. The molecule has 184 valence electrons. The summed E-state index contributed by atoms with van der Waals surface area (Å²) in [7, 11) is 3.11. The van der Waals surface area contributed by atoms with Gasteiger partial charge < -0.3 is 18.6 Å². The molecule has 1 amide bonds. The van der Waals surface area contributed by atoms with Gasteiger partial charge in [0.05, 0.1) is 33.5 Å². The van der Waals surface area contributed by atoms with E-state index in [0.29, 0.717) is 48.3 Å². The number of ether oxygens (including phenoxy) is 3. The first kappa shape index (κ1) is 25.7. The second-order valence-corrected chi connectivity index (χ2v) is 8.28. The number of amides is 1. The molecule has 0 aliphatic carbocycles. The molecule has 4 rings (SSSR count). The fourth-order valence-corrected chi connectivity index (χ4v) is 4.72. The SMILES string of the molecule is COc1ccc(OC)c2sc(N(CCCN3CCOCC3)C(=O)c3ccc([N+](=O)[O-])o3)nc12.Cl. The number of morpholine rings is 1. The van der Waals surface area contributed by atoms with Crippen LogP contribution in [0.3, 0.4) is 0 Å². The van der Waals surface area contributed by atoms with E-state index in [1.165, 1.54) is 28.4 Å². The number of methoxy groups -OCH3 is 2. The molecule has 1 saturated heterocycles. The van der Waals surface area contributed by atoms with Crippen molar-refractivity contribution in [1.82, 2.24) is 9.88 Å². The average molecular weight is 513 g/mol. The van der Waals surface area contributed by atoms with Crippen LogP contribution >= 0.6 is 23.7 Å². The quantitative estimate of drug-likeness (QED) is 0.312. The summed E-state index contributed by atoms with van der Waals surface area (Å²) in [5.74, 6) is 0.0686. The number of thiazole rings is 1. The van der Waals surface area contributed by atoms with Crippen LogP contribution in [0.1, 0.15) is 17.0 Å². The van der Waals surface area contributed by atoms with Gasteiger partial charge in [-0.05, 0) is 24.6 Å². The van der Waals surface area contributed by atoms with Crippen molar-refractivity contribution >= 4 is 50.9 Å². The molecule has 3 aromatic rings. The Morgan fingerprint density at radius 2 is 1.91 bits per heavy atom. The molecule has 1 aliphatic rings. The Balaban J connectivity index is 0.00000324. The monoisotopic (exact) mass is 512 g/mol. The number of rotatable bonds is 9. The molecule has 0 unspecified atom stereocenters. The molecule has 1 aromatic carbocycles. The van der Waals surface area contributed by atoms with Crippen molar-refractivity contribution in [3.63, 3.8) is 0 Å². The molecule has 11 nitrogen and oxygen atoms in total. The summed E-state index contributed by atoms with van der Waals surface area (Å²) >= 11 is 1.29. The first-order valence-electron chi connectivity index (χ1n) is 10.4. The Bertz CT molecular complexity index is 1100. The molecule has 0 N–H and O–H groups in total. The number of aromatic nitrogens is 1. The van der Waals surface area contributed by atoms with E-state index >= 15 is 0 Å². The summed E-state index contributed by atoms with van der Waals surface area (Å²) in [6.07, 6.45) is 0.679. The lowest BCUT2D eigenvalue weighted by Crippen LogP contribution is -2.39. The van der Waals surface area contributed by atoms with E-state index in [1.54, 1.807) is 26.4 Å². The maximum absolute atomic E-state index is 13.3. The van der Waals surface area contributed by atoms with Crippen LogP contribution in [0.5, 0.6) is 11.5 Å². The number of carbonyl (C=O) groups is 1. The van der Waals surface area contributed by atoms with Gasteiger partial charge in [-0.15, -0.1) is 12.4 Å². The summed E-state index contributed by atoms with van der Waals surface area (Å²) in [5.41, 5.74) is 0.577. The van der Waals surface area contributed by atoms with Gasteiger partial charge in [0.25, 0.3) is 5.91 Å². The zero-order valence-corrected chi connectivity index (χ0v) is 20.4. The lowest BCUT2D eigenvalue weighted by molar-refractivity contribution is -0.402. The van der Waals surface area contributed by atoms with Crippen LogP contribution in [0.25, 0.3) is 10.2 Å². The molecule has 3 heterocycles. The van der Waals surface area contributed by atoms with Crippen LogP contribution in [0.4, 0.5) is 11.0 Å². The molecule has 2 aromatic heterocycles. The average Bonchev–Trinajstić information content (AvgIpc) is 3.49. The number of hydrogen-bond acceptors (Lipinski definition) is 10. The highest BCUT2D eigenvalue weighted by molar-refractivity contribution is 7.22.